The van der Waals surface area contributed by atoms with Crippen LogP contribution in [0.5, 0.6) is 0 Å². The number of nitrogens with zero attached hydrogens (tertiary/aromatic N) is 1. The molecular weight excluding hydrogens is 275 g/mol. The molecule has 7 heteroatoms. The van der Waals surface area contributed by atoms with Gasteiger partial charge < -0.3 is 14.0 Å². The van der Waals surface area contributed by atoms with Crippen molar-refractivity contribution in [2.24, 2.45) is 0 Å². The average molecular weight is 291 g/mol. The first-order chi connectivity index (χ1) is 9.48. The molecule has 0 N–H and O–H groups in total. The molecule has 0 amide bonds. The van der Waals surface area contributed by atoms with Crippen molar-refractivity contribution in [1.29, 1.82) is 0 Å². The molecule has 1 fully saturated rings. The van der Waals surface area contributed by atoms with Crippen LogP contribution >= 0.6 is 0 Å². The highest BCUT2D eigenvalue weighted by atomic mass is 19.4. The lowest BCUT2D eigenvalue weighted by Crippen LogP contribution is -2.29. The number of alkyl halides is 3. The largest absolute Gasteiger partial charge is 0.421 e. The van der Waals surface area contributed by atoms with Gasteiger partial charge in [-0.15, -0.1) is 0 Å². The zero-order valence-electron chi connectivity index (χ0n) is 10.9. The zero-order valence-corrected chi connectivity index (χ0v) is 10.9. The molecule has 0 aromatic carbocycles. The molecule has 2 rings (SSSR count). The van der Waals surface area contributed by atoms with Gasteiger partial charge in [0.15, 0.2) is 0 Å². The van der Waals surface area contributed by atoms with E-state index in [1.807, 2.05) is 0 Å². The lowest BCUT2D eigenvalue weighted by molar-refractivity contribution is -0.139. The topological polar surface area (TPSA) is 40.5 Å². The normalized spacial score (nSPS) is 19.4. The Morgan fingerprint density at radius 2 is 2.25 bits per heavy atom. The highest BCUT2D eigenvalue weighted by molar-refractivity contribution is 5.13. The average Bonchev–Trinajstić information content (AvgIpc) is 2.88. The van der Waals surface area contributed by atoms with Gasteiger partial charge in [-0.2, -0.15) is 13.2 Å². The first-order valence-electron chi connectivity index (χ1n) is 6.44. The molecule has 1 aliphatic rings. The van der Waals surface area contributed by atoms with Crippen LogP contribution in [-0.4, -0.2) is 30.5 Å². The van der Waals surface area contributed by atoms with Gasteiger partial charge >= 0.3 is 6.18 Å². The summed E-state index contributed by atoms with van der Waals surface area (Å²) in [5, 5.41) is 0. The molecule has 0 spiro atoms. The Morgan fingerprint density at radius 1 is 1.45 bits per heavy atom. The van der Waals surface area contributed by atoms with E-state index in [-0.39, 0.29) is 19.3 Å². The van der Waals surface area contributed by atoms with Crippen molar-refractivity contribution < 1.29 is 22.6 Å². The molecule has 1 aliphatic heterocycles. The smallest absolute Gasteiger partial charge is 0.377 e. The second kappa shape index (κ2) is 6.41. The Bertz CT molecular complexity index is 492. The van der Waals surface area contributed by atoms with Gasteiger partial charge in [0.1, 0.15) is 5.56 Å². The van der Waals surface area contributed by atoms with Gasteiger partial charge in [0.2, 0.25) is 0 Å². The van der Waals surface area contributed by atoms with Crippen molar-refractivity contribution >= 4 is 0 Å². The summed E-state index contributed by atoms with van der Waals surface area (Å²) < 4.78 is 49.4. The number of ether oxygens (including phenoxy) is 2. The lowest BCUT2D eigenvalue weighted by atomic mass is 10.2. The van der Waals surface area contributed by atoms with E-state index >= 15 is 0 Å². The highest BCUT2D eigenvalue weighted by Crippen LogP contribution is 2.25. The van der Waals surface area contributed by atoms with E-state index in [1.54, 1.807) is 0 Å². The molecule has 2 heterocycles. The summed E-state index contributed by atoms with van der Waals surface area (Å²) in [5.41, 5.74) is -2.19. The third kappa shape index (κ3) is 3.83. The van der Waals surface area contributed by atoms with Crippen molar-refractivity contribution in [2.75, 3.05) is 19.8 Å². The number of rotatable bonds is 5. The van der Waals surface area contributed by atoms with Gasteiger partial charge in [-0.05, 0) is 25.0 Å². The predicted octanol–water partition coefficient (Wildman–Crippen LogP) is 2.06. The third-order valence-electron chi connectivity index (χ3n) is 3.13. The highest BCUT2D eigenvalue weighted by Gasteiger charge is 2.34. The molecule has 0 bridgehead atoms. The quantitative estimate of drug-likeness (QED) is 0.780. The Kier molecular flexibility index (Phi) is 4.82. The van der Waals surface area contributed by atoms with E-state index in [1.165, 1.54) is 12.3 Å². The van der Waals surface area contributed by atoms with Gasteiger partial charge in [0.25, 0.3) is 5.56 Å². The number of aromatic nitrogens is 1. The van der Waals surface area contributed by atoms with Crippen LogP contribution in [0.4, 0.5) is 13.2 Å². The minimum atomic E-state index is -4.63. The summed E-state index contributed by atoms with van der Waals surface area (Å²) in [4.78, 5) is 11.6. The SMILES string of the molecule is O=c1c(C(F)(F)F)cccn1CCOC[C@@H]1CCCO1. The maximum absolute atomic E-state index is 12.6. The number of hydrogen-bond donors (Lipinski definition) is 0. The summed E-state index contributed by atoms with van der Waals surface area (Å²) >= 11 is 0. The summed E-state index contributed by atoms with van der Waals surface area (Å²) in [6.07, 6.45) is -1.30. The summed E-state index contributed by atoms with van der Waals surface area (Å²) in [5.74, 6) is 0. The molecule has 0 unspecified atom stereocenters. The molecule has 20 heavy (non-hydrogen) atoms. The molecule has 4 nitrogen and oxygen atoms in total. The Morgan fingerprint density at radius 3 is 2.90 bits per heavy atom. The van der Waals surface area contributed by atoms with Crippen LogP contribution in [0.3, 0.4) is 0 Å². The van der Waals surface area contributed by atoms with Gasteiger partial charge in [-0.1, -0.05) is 0 Å². The van der Waals surface area contributed by atoms with Crippen LogP contribution in [0.25, 0.3) is 0 Å². The fraction of sp³-hybridized carbons (Fsp3) is 0.615. The van der Waals surface area contributed by atoms with Crippen molar-refractivity contribution in [2.45, 2.75) is 31.7 Å². The van der Waals surface area contributed by atoms with E-state index in [4.69, 9.17) is 9.47 Å². The summed E-state index contributed by atoms with van der Waals surface area (Å²) in [6.45, 7) is 1.41. The van der Waals surface area contributed by atoms with Gasteiger partial charge in [-0.3, -0.25) is 4.79 Å². The molecule has 0 radical (unpaired) electrons. The fourth-order valence-electron chi connectivity index (χ4n) is 2.08. The van der Waals surface area contributed by atoms with E-state index in [2.05, 4.69) is 0 Å². The van der Waals surface area contributed by atoms with Crippen LogP contribution in [0.15, 0.2) is 23.1 Å². The van der Waals surface area contributed by atoms with Crippen LogP contribution in [0.2, 0.25) is 0 Å². The van der Waals surface area contributed by atoms with Crippen molar-refractivity contribution in [3.8, 4) is 0 Å². The second-order valence-corrected chi connectivity index (χ2v) is 4.63. The van der Waals surface area contributed by atoms with E-state index < -0.39 is 17.3 Å². The minimum Gasteiger partial charge on any atom is -0.377 e. The third-order valence-corrected chi connectivity index (χ3v) is 3.13. The van der Waals surface area contributed by atoms with Crippen molar-refractivity contribution in [3.63, 3.8) is 0 Å². The predicted molar refractivity (Wildman–Crippen MR) is 65.5 cm³/mol. The first-order valence-corrected chi connectivity index (χ1v) is 6.44. The molecule has 1 aromatic rings. The molecule has 1 aromatic heterocycles. The molecular formula is C13H16F3NO3. The fourth-order valence-corrected chi connectivity index (χ4v) is 2.08. The van der Waals surface area contributed by atoms with Crippen LogP contribution in [0, 0.1) is 0 Å². The molecule has 1 atom stereocenters. The standard InChI is InChI=1S/C13H16F3NO3/c14-13(15,16)11-4-1-5-17(12(11)18)6-8-19-9-10-3-2-7-20-10/h1,4-5,10H,2-3,6-9H2/t10-/m0/s1. The Labute approximate surface area is 114 Å². The maximum Gasteiger partial charge on any atom is 0.421 e. The van der Waals surface area contributed by atoms with Gasteiger partial charge in [0, 0.05) is 19.3 Å². The summed E-state index contributed by atoms with van der Waals surface area (Å²) in [6, 6.07) is 2.00. The zero-order chi connectivity index (χ0) is 14.6. The van der Waals surface area contributed by atoms with Crippen molar-refractivity contribution in [3.05, 3.63) is 34.2 Å². The van der Waals surface area contributed by atoms with E-state index in [0.29, 0.717) is 6.61 Å². The number of halogens is 3. The molecule has 112 valence electrons. The Balaban J connectivity index is 1.88. The maximum atomic E-state index is 12.6. The lowest BCUT2D eigenvalue weighted by Gasteiger charge is -2.12. The molecule has 1 saturated heterocycles. The van der Waals surface area contributed by atoms with Gasteiger partial charge in [0.05, 0.1) is 19.3 Å². The second-order valence-electron chi connectivity index (χ2n) is 4.63. The molecule has 0 saturated carbocycles. The first kappa shape index (κ1) is 15.1. The van der Waals surface area contributed by atoms with Crippen LogP contribution in [-0.2, 0) is 22.2 Å². The van der Waals surface area contributed by atoms with Crippen molar-refractivity contribution in [1.82, 2.24) is 4.57 Å². The Hall–Kier alpha value is -1.34. The summed E-state index contributed by atoms with van der Waals surface area (Å²) in [7, 11) is 0. The number of hydrogen-bond acceptors (Lipinski definition) is 3. The van der Waals surface area contributed by atoms with Gasteiger partial charge in [-0.25, -0.2) is 0 Å². The minimum absolute atomic E-state index is 0.0632. The van der Waals surface area contributed by atoms with Crippen LogP contribution in [0.1, 0.15) is 18.4 Å². The van der Waals surface area contributed by atoms with E-state index in [9.17, 15) is 18.0 Å². The number of pyridine rings is 1. The van der Waals surface area contributed by atoms with E-state index in [0.717, 1.165) is 30.1 Å². The molecule has 0 aliphatic carbocycles. The monoisotopic (exact) mass is 291 g/mol. The van der Waals surface area contributed by atoms with Crippen LogP contribution < -0.4 is 5.56 Å².